The van der Waals surface area contributed by atoms with E-state index in [1.165, 1.54) is 6.07 Å². The predicted molar refractivity (Wildman–Crippen MR) is 111 cm³/mol. The van der Waals surface area contributed by atoms with Gasteiger partial charge >= 0.3 is 0 Å². The molecule has 1 fully saturated rings. The van der Waals surface area contributed by atoms with Gasteiger partial charge in [-0.3, -0.25) is 0 Å². The van der Waals surface area contributed by atoms with Gasteiger partial charge in [0.15, 0.2) is 23.7 Å². The molecule has 4 rings (SSSR count). The number of hydrogen-bond acceptors (Lipinski definition) is 3. The van der Waals surface area contributed by atoms with Crippen LogP contribution < -0.4 is 4.74 Å². The first-order chi connectivity index (χ1) is 15.3. The van der Waals surface area contributed by atoms with Crippen molar-refractivity contribution < 1.29 is 31.8 Å². The summed E-state index contributed by atoms with van der Waals surface area (Å²) >= 11 is 0. The molecule has 0 amide bonds. The molecule has 0 spiro atoms. The van der Waals surface area contributed by atoms with Gasteiger partial charge in [-0.2, -0.15) is 0 Å². The number of hydrogen-bond donors (Lipinski definition) is 0. The van der Waals surface area contributed by atoms with Crippen LogP contribution >= 0.6 is 0 Å². The van der Waals surface area contributed by atoms with Gasteiger partial charge in [0.1, 0.15) is 18.2 Å². The quantitative estimate of drug-likeness (QED) is 0.329. The van der Waals surface area contributed by atoms with Crippen LogP contribution in [0.5, 0.6) is 5.75 Å². The van der Waals surface area contributed by atoms with E-state index >= 15 is 0 Å². The van der Waals surface area contributed by atoms with Crippen molar-refractivity contribution in [2.75, 3.05) is 13.2 Å². The molecule has 3 aromatic carbocycles. The van der Waals surface area contributed by atoms with Crippen LogP contribution in [0.1, 0.15) is 35.0 Å². The number of benzene rings is 3. The van der Waals surface area contributed by atoms with Crippen LogP contribution in [-0.4, -0.2) is 13.2 Å². The Hall–Kier alpha value is -2.90. The van der Waals surface area contributed by atoms with E-state index in [2.05, 4.69) is 0 Å². The Balaban J connectivity index is 1.55. The molecule has 0 unspecified atom stereocenters. The van der Waals surface area contributed by atoms with Crippen molar-refractivity contribution in [3.8, 4) is 16.9 Å². The molecule has 0 N–H and O–H groups in total. The Bertz CT molecular complexity index is 1090. The van der Waals surface area contributed by atoms with Crippen LogP contribution in [-0.2, 0) is 16.1 Å². The largest absolute Gasteiger partial charge is 0.489 e. The van der Waals surface area contributed by atoms with Gasteiger partial charge in [-0.1, -0.05) is 24.3 Å². The Labute approximate surface area is 183 Å². The molecular weight excluding hydrogens is 424 g/mol. The molecule has 32 heavy (non-hydrogen) atoms. The van der Waals surface area contributed by atoms with Crippen molar-refractivity contribution in [2.45, 2.75) is 33.2 Å². The zero-order valence-electron chi connectivity index (χ0n) is 17.7. The van der Waals surface area contributed by atoms with E-state index in [9.17, 15) is 17.6 Å². The minimum Gasteiger partial charge on any atom is -0.489 e. The fraction of sp³-hybridized carbons (Fsp3) is 0.280. The predicted octanol–water partition coefficient (Wildman–Crippen LogP) is 6.54. The Morgan fingerprint density at radius 2 is 1.53 bits per heavy atom. The summed E-state index contributed by atoms with van der Waals surface area (Å²) in [5.74, 6) is -5.04. The van der Waals surface area contributed by atoms with E-state index in [-0.39, 0.29) is 17.9 Å². The van der Waals surface area contributed by atoms with Crippen LogP contribution in [0.4, 0.5) is 17.6 Å². The maximum Gasteiger partial charge on any atom is 0.194 e. The molecule has 0 saturated carbocycles. The summed E-state index contributed by atoms with van der Waals surface area (Å²) in [6.45, 7) is 4.71. The molecule has 3 aromatic rings. The highest BCUT2D eigenvalue weighted by atomic mass is 19.2. The van der Waals surface area contributed by atoms with Gasteiger partial charge in [-0.05, 0) is 48.6 Å². The number of halogens is 4. The van der Waals surface area contributed by atoms with Crippen molar-refractivity contribution in [1.82, 2.24) is 0 Å². The molecule has 0 aliphatic carbocycles. The first-order valence-corrected chi connectivity index (χ1v) is 10.2. The summed E-state index contributed by atoms with van der Waals surface area (Å²) in [7, 11) is 0. The number of ether oxygens (including phenoxy) is 3. The monoisotopic (exact) mass is 446 g/mol. The third kappa shape index (κ3) is 4.64. The SMILES string of the molecule is Cc1cc(C2OCCCO2)ccc1-c1cc(C)c(COc2cc(F)c(F)c(F)c2)c(F)c1. The van der Waals surface area contributed by atoms with E-state index in [1.54, 1.807) is 6.92 Å². The molecular formula is C25H22F4O3. The third-order valence-corrected chi connectivity index (χ3v) is 5.42. The lowest BCUT2D eigenvalue weighted by atomic mass is 9.95. The highest BCUT2D eigenvalue weighted by Gasteiger charge is 2.18. The summed E-state index contributed by atoms with van der Waals surface area (Å²) in [6, 6.07) is 10.4. The molecule has 1 heterocycles. The van der Waals surface area contributed by atoms with Gasteiger partial charge in [0, 0.05) is 23.3 Å². The van der Waals surface area contributed by atoms with E-state index in [0.717, 1.165) is 35.2 Å². The van der Waals surface area contributed by atoms with Crippen LogP contribution in [0.15, 0.2) is 42.5 Å². The molecule has 0 bridgehead atoms. The second-order valence-electron chi connectivity index (χ2n) is 7.74. The Morgan fingerprint density at radius 1 is 0.844 bits per heavy atom. The zero-order chi connectivity index (χ0) is 22.8. The summed E-state index contributed by atoms with van der Waals surface area (Å²) in [5, 5.41) is 0. The van der Waals surface area contributed by atoms with Gasteiger partial charge < -0.3 is 14.2 Å². The van der Waals surface area contributed by atoms with Crippen molar-refractivity contribution in [2.24, 2.45) is 0 Å². The van der Waals surface area contributed by atoms with Crippen LogP contribution in [0.2, 0.25) is 0 Å². The molecule has 1 aliphatic heterocycles. The molecule has 3 nitrogen and oxygen atoms in total. The maximum atomic E-state index is 14.9. The summed E-state index contributed by atoms with van der Waals surface area (Å²) in [4.78, 5) is 0. The average Bonchev–Trinajstić information content (AvgIpc) is 2.77. The Morgan fingerprint density at radius 3 is 2.16 bits per heavy atom. The average molecular weight is 446 g/mol. The molecule has 1 aliphatic rings. The lowest BCUT2D eigenvalue weighted by Gasteiger charge is -2.24. The number of rotatable bonds is 5. The van der Waals surface area contributed by atoms with Crippen molar-refractivity contribution in [1.29, 1.82) is 0 Å². The van der Waals surface area contributed by atoms with Crippen molar-refractivity contribution >= 4 is 0 Å². The fourth-order valence-electron chi connectivity index (χ4n) is 3.72. The van der Waals surface area contributed by atoms with Gasteiger partial charge in [-0.25, -0.2) is 17.6 Å². The minimum absolute atomic E-state index is 0.220. The highest BCUT2D eigenvalue weighted by Crippen LogP contribution is 2.32. The second kappa shape index (κ2) is 9.30. The third-order valence-electron chi connectivity index (χ3n) is 5.42. The Kier molecular flexibility index (Phi) is 6.48. The number of aryl methyl sites for hydroxylation is 2. The highest BCUT2D eigenvalue weighted by molar-refractivity contribution is 5.69. The summed E-state index contributed by atoms with van der Waals surface area (Å²) in [6.07, 6.45) is 0.475. The summed E-state index contributed by atoms with van der Waals surface area (Å²) in [5.41, 5.74) is 4.27. The summed E-state index contributed by atoms with van der Waals surface area (Å²) < 4.78 is 71.3. The van der Waals surface area contributed by atoms with Crippen molar-refractivity contribution in [3.05, 3.63) is 88.0 Å². The smallest absolute Gasteiger partial charge is 0.194 e. The first-order valence-electron chi connectivity index (χ1n) is 10.2. The van der Waals surface area contributed by atoms with Crippen LogP contribution in [0.3, 0.4) is 0 Å². The zero-order valence-corrected chi connectivity index (χ0v) is 17.7. The fourth-order valence-corrected chi connectivity index (χ4v) is 3.72. The van der Waals surface area contributed by atoms with Gasteiger partial charge in [0.25, 0.3) is 0 Å². The van der Waals surface area contributed by atoms with Crippen LogP contribution in [0, 0.1) is 37.1 Å². The molecule has 7 heteroatoms. The van der Waals surface area contributed by atoms with Gasteiger partial charge in [-0.15, -0.1) is 0 Å². The van der Waals surface area contributed by atoms with Crippen molar-refractivity contribution in [3.63, 3.8) is 0 Å². The minimum atomic E-state index is -1.58. The lowest BCUT2D eigenvalue weighted by Crippen LogP contribution is -2.17. The normalized spacial score (nSPS) is 14.6. The van der Waals surface area contributed by atoms with Crippen LogP contribution in [0.25, 0.3) is 11.1 Å². The van der Waals surface area contributed by atoms with E-state index < -0.39 is 29.6 Å². The van der Waals surface area contributed by atoms with E-state index in [4.69, 9.17) is 14.2 Å². The molecule has 168 valence electrons. The second-order valence-corrected chi connectivity index (χ2v) is 7.74. The maximum absolute atomic E-state index is 14.9. The molecule has 0 aromatic heterocycles. The molecule has 0 radical (unpaired) electrons. The lowest BCUT2D eigenvalue weighted by molar-refractivity contribution is -0.183. The van der Waals surface area contributed by atoms with E-state index in [1.807, 2.05) is 31.2 Å². The molecule has 0 atom stereocenters. The topological polar surface area (TPSA) is 27.7 Å². The van der Waals surface area contributed by atoms with Gasteiger partial charge in [0.05, 0.1) is 13.2 Å². The first kappa shape index (κ1) is 22.3. The van der Waals surface area contributed by atoms with E-state index in [0.29, 0.717) is 24.3 Å². The van der Waals surface area contributed by atoms with Gasteiger partial charge in [0.2, 0.25) is 0 Å². The molecule has 1 saturated heterocycles. The standard InChI is InChI=1S/C25H22F4O3/c1-14-8-16(25-30-6-3-7-31-25)4-5-19(14)17-9-15(2)20(21(26)10-17)13-32-18-11-22(27)24(29)23(28)12-18/h4-5,8-12,25H,3,6-7,13H2,1-2H3.